The molecule has 1 N–H and O–H groups in total. The molecule has 0 atom stereocenters. The number of amides is 2. The summed E-state index contributed by atoms with van der Waals surface area (Å²) in [6.45, 7) is 4.16. The summed E-state index contributed by atoms with van der Waals surface area (Å²) in [7, 11) is 5.72. The Bertz CT molecular complexity index is 627. The molecule has 0 aliphatic rings. The number of nitrogens with one attached hydrogen (secondary N) is 1. The molecule has 1 aromatic heterocycles. The molecule has 2 amide bonds. The highest BCUT2D eigenvalue weighted by Gasteiger charge is 2.13. The maximum Gasteiger partial charge on any atom is 0.325 e. The summed E-state index contributed by atoms with van der Waals surface area (Å²) in [5.41, 5.74) is 2.96. The molecular formula is C16H22N4O2. The fourth-order valence-electron chi connectivity index (χ4n) is 1.96. The minimum Gasteiger partial charge on any atom is -0.428 e. The molecule has 0 spiro atoms. The summed E-state index contributed by atoms with van der Waals surface area (Å²) in [5.74, 6) is 0.706. The molecule has 118 valence electrons. The number of urea groups is 1. The van der Waals surface area contributed by atoms with Crippen molar-refractivity contribution in [2.45, 2.75) is 20.4 Å². The summed E-state index contributed by atoms with van der Waals surface area (Å²) in [6.07, 6.45) is 0. The van der Waals surface area contributed by atoms with Crippen LogP contribution in [0.3, 0.4) is 0 Å². The van der Waals surface area contributed by atoms with Gasteiger partial charge in [-0.3, -0.25) is 5.32 Å². The number of rotatable bonds is 4. The number of benzene rings is 1. The molecule has 2 rings (SSSR count). The van der Waals surface area contributed by atoms with Gasteiger partial charge in [-0.2, -0.15) is 4.98 Å². The third-order valence-corrected chi connectivity index (χ3v) is 3.46. The van der Waals surface area contributed by atoms with Gasteiger partial charge in [-0.05, 0) is 31.5 Å². The predicted molar refractivity (Wildman–Crippen MR) is 87.2 cm³/mol. The zero-order chi connectivity index (χ0) is 16.3. The lowest BCUT2D eigenvalue weighted by Crippen LogP contribution is -2.30. The van der Waals surface area contributed by atoms with E-state index in [2.05, 4.69) is 10.3 Å². The topological polar surface area (TPSA) is 61.6 Å². The first kappa shape index (κ1) is 15.9. The Kier molecular flexibility index (Phi) is 4.70. The molecule has 0 radical (unpaired) electrons. The molecule has 0 fully saturated rings. The summed E-state index contributed by atoms with van der Waals surface area (Å²) in [4.78, 5) is 19.9. The molecule has 0 aliphatic carbocycles. The molecule has 6 nitrogen and oxygen atoms in total. The van der Waals surface area contributed by atoms with Crippen LogP contribution in [-0.4, -0.2) is 37.1 Å². The molecule has 0 saturated carbocycles. The fourth-order valence-corrected chi connectivity index (χ4v) is 1.96. The predicted octanol–water partition coefficient (Wildman–Crippen LogP) is 3.02. The number of carbonyl (C=O) groups is 1. The number of carbonyl (C=O) groups excluding carboxylic acids is 1. The van der Waals surface area contributed by atoms with Crippen LogP contribution >= 0.6 is 0 Å². The fraction of sp³-hybridized carbons (Fsp3) is 0.375. The lowest BCUT2D eigenvalue weighted by Gasteiger charge is -2.18. The maximum absolute atomic E-state index is 12.1. The Morgan fingerprint density at radius 1 is 1.18 bits per heavy atom. The van der Waals surface area contributed by atoms with Gasteiger partial charge in [0.05, 0.1) is 5.69 Å². The first-order chi connectivity index (χ1) is 10.4. The first-order valence-electron chi connectivity index (χ1n) is 7.09. The van der Waals surface area contributed by atoms with Gasteiger partial charge in [-0.25, -0.2) is 4.79 Å². The van der Waals surface area contributed by atoms with Crippen molar-refractivity contribution in [1.29, 1.82) is 0 Å². The third-order valence-electron chi connectivity index (χ3n) is 3.46. The van der Waals surface area contributed by atoms with E-state index in [1.807, 2.05) is 57.1 Å². The quantitative estimate of drug-likeness (QED) is 0.943. The summed E-state index contributed by atoms with van der Waals surface area (Å²) in [5, 5.41) is 2.65. The molecule has 6 heteroatoms. The van der Waals surface area contributed by atoms with E-state index < -0.39 is 0 Å². The molecule has 0 bridgehead atoms. The van der Waals surface area contributed by atoms with Crippen LogP contribution < -0.4 is 10.2 Å². The van der Waals surface area contributed by atoms with E-state index in [0.717, 1.165) is 16.9 Å². The highest BCUT2D eigenvalue weighted by Crippen LogP contribution is 2.15. The van der Waals surface area contributed by atoms with Crippen LogP contribution in [0, 0.1) is 13.8 Å². The van der Waals surface area contributed by atoms with Crippen LogP contribution in [0.2, 0.25) is 0 Å². The second-order valence-electron chi connectivity index (χ2n) is 5.51. The highest BCUT2D eigenvalue weighted by atomic mass is 16.4. The Morgan fingerprint density at radius 2 is 1.82 bits per heavy atom. The normalized spacial score (nSPS) is 10.4. The van der Waals surface area contributed by atoms with Crippen molar-refractivity contribution in [2.24, 2.45) is 0 Å². The summed E-state index contributed by atoms with van der Waals surface area (Å²) >= 11 is 0. The van der Waals surface area contributed by atoms with Gasteiger partial charge in [0.1, 0.15) is 5.76 Å². The van der Waals surface area contributed by atoms with Gasteiger partial charge in [-0.1, -0.05) is 12.1 Å². The van der Waals surface area contributed by atoms with Crippen molar-refractivity contribution in [3.05, 3.63) is 41.3 Å². The van der Waals surface area contributed by atoms with Crippen molar-refractivity contribution >= 4 is 17.7 Å². The van der Waals surface area contributed by atoms with E-state index in [0.29, 0.717) is 12.3 Å². The molecular weight excluding hydrogens is 280 g/mol. The molecule has 0 aliphatic heterocycles. The summed E-state index contributed by atoms with van der Waals surface area (Å²) in [6, 6.07) is 8.06. The van der Waals surface area contributed by atoms with Gasteiger partial charge < -0.3 is 14.2 Å². The van der Waals surface area contributed by atoms with Gasteiger partial charge in [0.2, 0.25) is 0 Å². The molecule has 1 heterocycles. The SMILES string of the molecule is Cc1nc(NC(=O)N(C)Cc2ccc(N(C)C)cc2)oc1C. The summed E-state index contributed by atoms with van der Waals surface area (Å²) < 4.78 is 5.35. The average molecular weight is 302 g/mol. The van der Waals surface area contributed by atoms with Crippen molar-refractivity contribution < 1.29 is 9.21 Å². The lowest BCUT2D eigenvalue weighted by atomic mass is 10.2. The van der Waals surface area contributed by atoms with Gasteiger partial charge >= 0.3 is 12.0 Å². The van der Waals surface area contributed by atoms with Gasteiger partial charge in [0.15, 0.2) is 0 Å². The van der Waals surface area contributed by atoms with Gasteiger partial charge in [0.25, 0.3) is 0 Å². The van der Waals surface area contributed by atoms with Crippen LogP contribution in [0.5, 0.6) is 0 Å². The zero-order valence-electron chi connectivity index (χ0n) is 13.7. The Labute approximate surface area is 130 Å². The second kappa shape index (κ2) is 6.51. The average Bonchev–Trinajstić information content (AvgIpc) is 2.77. The Balaban J connectivity index is 1.96. The number of aryl methyl sites for hydroxylation is 2. The first-order valence-corrected chi connectivity index (χ1v) is 7.09. The molecule has 0 unspecified atom stereocenters. The molecule has 0 saturated heterocycles. The zero-order valence-corrected chi connectivity index (χ0v) is 13.7. The van der Waals surface area contributed by atoms with E-state index in [1.54, 1.807) is 11.9 Å². The number of nitrogens with zero attached hydrogens (tertiary/aromatic N) is 3. The Hall–Kier alpha value is -2.50. The van der Waals surface area contributed by atoms with Crippen LogP contribution in [0.4, 0.5) is 16.5 Å². The third kappa shape index (κ3) is 3.78. The molecule has 1 aromatic carbocycles. The lowest BCUT2D eigenvalue weighted by molar-refractivity contribution is 0.220. The second-order valence-corrected chi connectivity index (χ2v) is 5.51. The minimum atomic E-state index is -0.252. The van der Waals surface area contributed by atoms with Crippen molar-refractivity contribution in [1.82, 2.24) is 9.88 Å². The van der Waals surface area contributed by atoms with Crippen LogP contribution in [-0.2, 0) is 6.54 Å². The number of aromatic nitrogens is 1. The van der Waals surface area contributed by atoms with Crippen molar-refractivity contribution in [2.75, 3.05) is 31.4 Å². The van der Waals surface area contributed by atoms with E-state index in [9.17, 15) is 4.79 Å². The molecule has 22 heavy (non-hydrogen) atoms. The number of hydrogen-bond donors (Lipinski definition) is 1. The monoisotopic (exact) mass is 302 g/mol. The van der Waals surface area contributed by atoms with Crippen LogP contribution in [0.15, 0.2) is 28.7 Å². The van der Waals surface area contributed by atoms with Crippen LogP contribution in [0.25, 0.3) is 0 Å². The number of anilines is 2. The van der Waals surface area contributed by atoms with Crippen molar-refractivity contribution in [3.8, 4) is 0 Å². The van der Waals surface area contributed by atoms with E-state index >= 15 is 0 Å². The van der Waals surface area contributed by atoms with Crippen LogP contribution in [0.1, 0.15) is 17.0 Å². The smallest absolute Gasteiger partial charge is 0.325 e. The Morgan fingerprint density at radius 3 is 2.32 bits per heavy atom. The number of oxazole rings is 1. The van der Waals surface area contributed by atoms with Gasteiger partial charge in [-0.15, -0.1) is 0 Å². The molecule has 2 aromatic rings. The number of hydrogen-bond acceptors (Lipinski definition) is 4. The van der Waals surface area contributed by atoms with E-state index in [1.165, 1.54) is 0 Å². The highest BCUT2D eigenvalue weighted by molar-refractivity contribution is 5.86. The standard InChI is InChI=1S/C16H22N4O2/c1-11-12(2)22-15(17-11)18-16(21)20(5)10-13-6-8-14(9-7-13)19(3)4/h6-9H,10H2,1-5H3,(H,17,18,21). The largest absolute Gasteiger partial charge is 0.428 e. The van der Waals surface area contributed by atoms with Crippen molar-refractivity contribution in [3.63, 3.8) is 0 Å². The minimum absolute atomic E-state index is 0.231. The maximum atomic E-state index is 12.1. The van der Waals surface area contributed by atoms with E-state index in [4.69, 9.17) is 4.42 Å². The van der Waals surface area contributed by atoms with E-state index in [-0.39, 0.29) is 12.0 Å². The van der Waals surface area contributed by atoms with Gasteiger partial charge in [0, 0.05) is 33.4 Å².